The second-order valence-corrected chi connectivity index (χ2v) is 7.47. The smallest absolute Gasteiger partial charge is 0.339 e. The van der Waals surface area contributed by atoms with Crippen LogP contribution in [0.25, 0.3) is 10.8 Å². The molecular weight excluding hydrogens is 398 g/mol. The van der Waals surface area contributed by atoms with Crippen LogP contribution in [0.15, 0.2) is 60.7 Å². The lowest BCUT2D eigenvalue weighted by Crippen LogP contribution is -2.30. The Bertz CT molecular complexity index is 1170. The third-order valence-corrected chi connectivity index (χ3v) is 5.07. The summed E-state index contributed by atoms with van der Waals surface area (Å²) in [7, 11) is 0. The lowest BCUT2D eigenvalue weighted by Gasteiger charge is -2.15. The summed E-state index contributed by atoms with van der Waals surface area (Å²) in [5.41, 5.74) is 0.787. The lowest BCUT2D eigenvalue weighted by atomic mass is 10.1. The molecule has 0 saturated heterocycles. The summed E-state index contributed by atoms with van der Waals surface area (Å²) in [6.07, 6.45) is 0.837. The van der Waals surface area contributed by atoms with Gasteiger partial charge in [-0.2, -0.15) is 0 Å². The molecule has 8 heteroatoms. The van der Waals surface area contributed by atoms with Crippen molar-refractivity contribution in [3.05, 3.63) is 76.3 Å². The van der Waals surface area contributed by atoms with E-state index in [4.69, 9.17) is 4.74 Å². The average molecular weight is 419 g/mol. The van der Waals surface area contributed by atoms with E-state index in [-0.39, 0.29) is 17.3 Å². The Kier molecular flexibility index (Phi) is 5.53. The van der Waals surface area contributed by atoms with Crippen LogP contribution in [0.4, 0.5) is 17.1 Å². The minimum Gasteiger partial charge on any atom is -0.449 e. The molecule has 1 aliphatic carbocycles. The molecule has 1 saturated carbocycles. The zero-order chi connectivity index (χ0) is 22.0. The Morgan fingerprint density at radius 1 is 1.06 bits per heavy atom. The molecule has 0 heterocycles. The number of hydrogen-bond donors (Lipinski definition) is 2. The van der Waals surface area contributed by atoms with Crippen molar-refractivity contribution >= 4 is 39.7 Å². The Labute approximate surface area is 178 Å². The number of benzene rings is 3. The van der Waals surface area contributed by atoms with Crippen LogP contribution >= 0.6 is 0 Å². The number of esters is 1. The molecule has 4 rings (SSSR count). The molecule has 3 aromatic rings. The van der Waals surface area contributed by atoms with Gasteiger partial charge in [0, 0.05) is 23.2 Å². The van der Waals surface area contributed by atoms with E-state index in [0.29, 0.717) is 11.4 Å². The van der Waals surface area contributed by atoms with Gasteiger partial charge in [-0.1, -0.05) is 36.4 Å². The third-order valence-electron chi connectivity index (χ3n) is 5.07. The van der Waals surface area contributed by atoms with Crippen LogP contribution in [0.5, 0.6) is 0 Å². The van der Waals surface area contributed by atoms with Gasteiger partial charge in [-0.25, -0.2) is 4.79 Å². The maximum absolute atomic E-state index is 12.6. The fourth-order valence-electron chi connectivity index (χ4n) is 3.23. The number of fused-ring (bicyclic) bond motifs is 1. The summed E-state index contributed by atoms with van der Waals surface area (Å²) in [6.45, 7) is 1.45. The van der Waals surface area contributed by atoms with Gasteiger partial charge in [-0.05, 0) is 43.4 Å². The van der Waals surface area contributed by atoms with Crippen molar-refractivity contribution in [3.63, 3.8) is 0 Å². The highest BCUT2D eigenvalue weighted by atomic mass is 16.6. The van der Waals surface area contributed by atoms with Gasteiger partial charge in [-0.3, -0.25) is 14.9 Å². The van der Waals surface area contributed by atoms with E-state index in [9.17, 15) is 19.7 Å². The number of nitro groups is 1. The molecule has 0 radical (unpaired) electrons. The summed E-state index contributed by atoms with van der Waals surface area (Å²) in [4.78, 5) is 35.9. The summed E-state index contributed by atoms with van der Waals surface area (Å²) in [5, 5.41) is 19.1. The lowest BCUT2D eigenvalue weighted by molar-refractivity contribution is -0.384. The molecule has 0 unspecified atom stereocenters. The maximum Gasteiger partial charge on any atom is 0.339 e. The van der Waals surface area contributed by atoms with Gasteiger partial charge in [-0.15, -0.1) is 0 Å². The topological polar surface area (TPSA) is 111 Å². The summed E-state index contributed by atoms with van der Waals surface area (Å²) >= 11 is 0. The summed E-state index contributed by atoms with van der Waals surface area (Å²) in [5.74, 6) is -1.30. The van der Waals surface area contributed by atoms with Crippen molar-refractivity contribution in [2.45, 2.75) is 31.9 Å². The van der Waals surface area contributed by atoms with Gasteiger partial charge in [0.1, 0.15) is 5.69 Å². The Hall–Kier alpha value is -3.94. The monoisotopic (exact) mass is 419 g/mol. The fourth-order valence-corrected chi connectivity index (χ4v) is 3.23. The molecule has 2 N–H and O–H groups in total. The van der Waals surface area contributed by atoms with Gasteiger partial charge in [0.2, 0.25) is 0 Å². The predicted octanol–water partition coefficient (Wildman–Crippen LogP) is 4.51. The Morgan fingerprint density at radius 3 is 2.55 bits per heavy atom. The first-order valence-electron chi connectivity index (χ1n) is 9.97. The van der Waals surface area contributed by atoms with Crippen molar-refractivity contribution < 1.29 is 19.2 Å². The number of rotatable bonds is 7. The highest BCUT2D eigenvalue weighted by molar-refractivity contribution is 6.04. The molecule has 0 aliphatic heterocycles. The van der Waals surface area contributed by atoms with Crippen LogP contribution in [-0.2, 0) is 9.53 Å². The van der Waals surface area contributed by atoms with Gasteiger partial charge < -0.3 is 15.4 Å². The van der Waals surface area contributed by atoms with E-state index in [1.807, 2.05) is 36.4 Å². The largest absolute Gasteiger partial charge is 0.449 e. The number of nitro benzene ring substituents is 1. The van der Waals surface area contributed by atoms with Crippen molar-refractivity contribution in [2.75, 3.05) is 10.6 Å². The van der Waals surface area contributed by atoms with Crippen LogP contribution in [0.3, 0.4) is 0 Å². The number of nitrogens with one attached hydrogen (secondary N) is 2. The highest BCUT2D eigenvalue weighted by Crippen LogP contribution is 2.32. The molecule has 1 fully saturated rings. The zero-order valence-corrected chi connectivity index (χ0v) is 16.8. The molecule has 1 amide bonds. The molecule has 0 bridgehead atoms. The summed E-state index contributed by atoms with van der Waals surface area (Å²) < 4.78 is 5.26. The molecule has 8 nitrogen and oxygen atoms in total. The fraction of sp³-hybridized carbons (Fsp3) is 0.217. The number of amides is 1. The standard InChI is InChI=1S/C23H21N3O5/c1-14(22(27)25-19-8-4-6-15-5-2-3-7-18(15)19)31-23(28)16-9-12-20(24-17-10-11-17)21(13-16)26(29)30/h2-9,12-14,17,24H,10-11H2,1H3,(H,25,27)/t14-/m1/s1. The number of carbonyl (C=O) groups excluding carboxylic acids is 2. The first-order valence-corrected chi connectivity index (χ1v) is 9.97. The second kappa shape index (κ2) is 8.43. The second-order valence-electron chi connectivity index (χ2n) is 7.47. The van der Waals surface area contributed by atoms with Crippen molar-refractivity contribution in [2.24, 2.45) is 0 Å². The van der Waals surface area contributed by atoms with Crippen molar-refractivity contribution in [1.29, 1.82) is 0 Å². The SMILES string of the molecule is C[C@@H](OC(=O)c1ccc(NC2CC2)c([N+](=O)[O-])c1)C(=O)Nc1cccc2ccccc12. The molecule has 0 spiro atoms. The number of ether oxygens (including phenoxy) is 1. The van der Waals surface area contributed by atoms with Crippen LogP contribution in [0.2, 0.25) is 0 Å². The summed E-state index contributed by atoms with van der Waals surface area (Å²) in [6, 6.07) is 17.5. The number of anilines is 2. The zero-order valence-electron chi connectivity index (χ0n) is 16.8. The van der Waals surface area contributed by atoms with Crippen LogP contribution < -0.4 is 10.6 Å². The first-order chi connectivity index (χ1) is 14.9. The van der Waals surface area contributed by atoms with E-state index in [1.54, 1.807) is 6.07 Å². The highest BCUT2D eigenvalue weighted by Gasteiger charge is 2.27. The molecule has 1 aliphatic rings. The third kappa shape index (κ3) is 4.63. The van der Waals surface area contributed by atoms with Crippen LogP contribution in [0.1, 0.15) is 30.1 Å². The number of carbonyl (C=O) groups is 2. The normalized spacial score (nSPS) is 14.0. The van der Waals surface area contributed by atoms with Crippen LogP contribution in [-0.4, -0.2) is 28.9 Å². The van der Waals surface area contributed by atoms with E-state index in [1.165, 1.54) is 25.1 Å². The van der Waals surface area contributed by atoms with Crippen molar-refractivity contribution in [1.82, 2.24) is 0 Å². The van der Waals surface area contributed by atoms with Gasteiger partial charge in [0.15, 0.2) is 6.10 Å². The van der Waals surface area contributed by atoms with E-state index < -0.39 is 22.9 Å². The molecule has 158 valence electrons. The molecule has 3 aromatic carbocycles. The van der Waals surface area contributed by atoms with Crippen LogP contribution in [0, 0.1) is 10.1 Å². The van der Waals surface area contributed by atoms with Crippen molar-refractivity contribution in [3.8, 4) is 0 Å². The minimum atomic E-state index is -1.09. The maximum atomic E-state index is 12.6. The van der Waals surface area contributed by atoms with Gasteiger partial charge >= 0.3 is 5.97 Å². The molecule has 1 atom stereocenters. The Morgan fingerprint density at radius 2 is 1.81 bits per heavy atom. The predicted molar refractivity (Wildman–Crippen MR) is 117 cm³/mol. The number of hydrogen-bond acceptors (Lipinski definition) is 6. The molecule has 0 aromatic heterocycles. The quantitative estimate of drug-likeness (QED) is 0.331. The van der Waals surface area contributed by atoms with Gasteiger partial charge in [0.25, 0.3) is 11.6 Å². The number of nitrogens with zero attached hydrogens (tertiary/aromatic N) is 1. The van der Waals surface area contributed by atoms with E-state index in [0.717, 1.165) is 23.6 Å². The Balaban J connectivity index is 1.45. The van der Waals surface area contributed by atoms with E-state index in [2.05, 4.69) is 10.6 Å². The first kappa shape index (κ1) is 20.3. The minimum absolute atomic E-state index is 0.0119. The average Bonchev–Trinajstić information content (AvgIpc) is 3.58. The molecular formula is C23H21N3O5. The van der Waals surface area contributed by atoms with E-state index >= 15 is 0 Å². The molecule has 31 heavy (non-hydrogen) atoms. The van der Waals surface area contributed by atoms with Gasteiger partial charge in [0.05, 0.1) is 10.5 Å².